The second-order valence-electron chi connectivity index (χ2n) is 4.62. The van der Waals surface area contributed by atoms with Crippen LogP contribution >= 0.6 is 0 Å². The third-order valence-corrected chi connectivity index (χ3v) is 3.31. The molecule has 0 amide bonds. The van der Waals surface area contributed by atoms with Gasteiger partial charge in [-0.2, -0.15) is 0 Å². The number of para-hydroxylation sites is 1. The zero-order chi connectivity index (χ0) is 13.0. The number of pyridine rings is 1. The minimum Gasteiger partial charge on any atom is -0.370 e. The highest BCUT2D eigenvalue weighted by molar-refractivity contribution is 5.84. The lowest BCUT2D eigenvalue weighted by molar-refractivity contribution is 0.961. The molecule has 96 valence electrons. The van der Waals surface area contributed by atoms with E-state index in [9.17, 15) is 0 Å². The number of nitrogens with zero attached hydrogens (tertiary/aromatic N) is 1. The number of nitrogens with one attached hydrogen (secondary N) is 1. The number of hydrogen-bond acceptors (Lipinski definition) is 2. The van der Waals surface area contributed by atoms with E-state index in [1.165, 1.54) is 16.5 Å². The average Bonchev–Trinajstić information content (AvgIpc) is 2.43. The van der Waals surface area contributed by atoms with E-state index in [2.05, 4.69) is 50.4 Å². The summed E-state index contributed by atoms with van der Waals surface area (Å²) in [6, 6.07) is 8.73. The Hall–Kier alpha value is -1.57. The molecule has 0 atom stereocenters. The molecule has 0 aliphatic carbocycles. The molecular formula is C16H22N2. The molecule has 2 aromatic rings. The minimum absolute atomic E-state index is 0.986. The van der Waals surface area contributed by atoms with Crippen molar-refractivity contribution in [3.8, 4) is 0 Å². The van der Waals surface area contributed by atoms with Crippen LogP contribution in [0.3, 0.4) is 0 Å². The van der Waals surface area contributed by atoms with Gasteiger partial charge in [-0.05, 0) is 36.5 Å². The molecular weight excluding hydrogens is 220 g/mol. The topological polar surface area (TPSA) is 24.9 Å². The molecule has 0 fully saturated rings. The zero-order valence-electron chi connectivity index (χ0n) is 11.6. The summed E-state index contributed by atoms with van der Waals surface area (Å²) in [5.74, 6) is 1.06. The van der Waals surface area contributed by atoms with Gasteiger partial charge in [0.25, 0.3) is 0 Å². The van der Waals surface area contributed by atoms with Gasteiger partial charge in [0.05, 0.1) is 5.52 Å². The summed E-state index contributed by atoms with van der Waals surface area (Å²) in [5.41, 5.74) is 3.79. The second-order valence-corrected chi connectivity index (χ2v) is 4.62. The standard InChI is InChI=1S/C16H22N2/c1-4-10-17-16-13(6-3)11-14-9-7-8-12(5-2)15(14)18-16/h7-9,11H,4-6,10H2,1-3H3,(H,17,18). The number of hydrogen-bond donors (Lipinski definition) is 1. The van der Waals surface area contributed by atoms with Crippen LogP contribution in [0.2, 0.25) is 0 Å². The van der Waals surface area contributed by atoms with Crippen LogP contribution in [0.25, 0.3) is 10.9 Å². The van der Waals surface area contributed by atoms with E-state index in [1.807, 2.05) is 0 Å². The maximum absolute atomic E-state index is 4.84. The van der Waals surface area contributed by atoms with Crippen LogP contribution in [0, 0.1) is 0 Å². The van der Waals surface area contributed by atoms with Gasteiger partial charge in [0.15, 0.2) is 0 Å². The predicted molar refractivity (Wildman–Crippen MR) is 79.3 cm³/mol. The van der Waals surface area contributed by atoms with Gasteiger partial charge in [0, 0.05) is 11.9 Å². The van der Waals surface area contributed by atoms with E-state index in [0.717, 1.165) is 37.1 Å². The lowest BCUT2D eigenvalue weighted by atomic mass is 10.0. The molecule has 0 spiro atoms. The summed E-state index contributed by atoms with van der Waals surface area (Å²) >= 11 is 0. The molecule has 0 radical (unpaired) electrons. The Morgan fingerprint density at radius 1 is 1.06 bits per heavy atom. The van der Waals surface area contributed by atoms with Gasteiger partial charge in [0.2, 0.25) is 0 Å². The fourth-order valence-corrected chi connectivity index (χ4v) is 2.25. The third-order valence-electron chi connectivity index (χ3n) is 3.31. The van der Waals surface area contributed by atoms with Crippen LogP contribution in [-0.2, 0) is 12.8 Å². The number of anilines is 1. The molecule has 18 heavy (non-hydrogen) atoms. The summed E-state index contributed by atoms with van der Waals surface area (Å²) in [6.45, 7) is 7.53. The molecule has 2 nitrogen and oxygen atoms in total. The smallest absolute Gasteiger partial charge is 0.129 e. The first-order chi connectivity index (χ1) is 8.80. The van der Waals surface area contributed by atoms with E-state index in [0.29, 0.717) is 0 Å². The minimum atomic E-state index is 0.986. The lowest BCUT2D eigenvalue weighted by Gasteiger charge is -2.12. The van der Waals surface area contributed by atoms with Crippen LogP contribution < -0.4 is 5.32 Å². The van der Waals surface area contributed by atoms with Gasteiger partial charge < -0.3 is 5.32 Å². The third kappa shape index (κ3) is 2.47. The Morgan fingerprint density at radius 3 is 2.50 bits per heavy atom. The van der Waals surface area contributed by atoms with Gasteiger partial charge in [-0.15, -0.1) is 0 Å². The predicted octanol–water partition coefficient (Wildman–Crippen LogP) is 4.18. The van der Waals surface area contributed by atoms with Gasteiger partial charge in [-0.3, -0.25) is 0 Å². The second kappa shape index (κ2) is 5.85. The van der Waals surface area contributed by atoms with E-state index < -0.39 is 0 Å². The van der Waals surface area contributed by atoms with Gasteiger partial charge in [0.1, 0.15) is 5.82 Å². The van der Waals surface area contributed by atoms with E-state index in [1.54, 1.807) is 0 Å². The van der Waals surface area contributed by atoms with Crippen molar-refractivity contribution < 1.29 is 0 Å². The summed E-state index contributed by atoms with van der Waals surface area (Å²) in [4.78, 5) is 4.84. The Bertz CT molecular complexity index is 532. The first-order valence-electron chi connectivity index (χ1n) is 6.95. The van der Waals surface area contributed by atoms with Crippen LogP contribution in [0.1, 0.15) is 38.3 Å². The average molecular weight is 242 g/mol. The molecule has 0 saturated heterocycles. The quantitative estimate of drug-likeness (QED) is 0.850. The Labute approximate surface area is 109 Å². The van der Waals surface area contributed by atoms with Crippen LogP contribution in [0.15, 0.2) is 24.3 Å². The number of aryl methyl sites for hydroxylation is 2. The molecule has 1 heterocycles. The van der Waals surface area contributed by atoms with E-state index >= 15 is 0 Å². The van der Waals surface area contributed by atoms with E-state index in [4.69, 9.17) is 4.98 Å². The zero-order valence-corrected chi connectivity index (χ0v) is 11.6. The van der Waals surface area contributed by atoms with Crippen molar-refractivity contribution in [3.05, 3.63) is 35.4 Å². The highest BCUT2D eigenvalue weighted by Gasteiger charge is 2.07. The first kappa shape index (κ1) is 12.9. The Morgan fingerprint density at radius 2 is 1.83 bits per heavy atom. The maximum Gasteiger partial charge on any atom is 0.129 e. The fraction of sp³-hybridized carbons (Fsp3) is 0.438. The van der Waals surface area contributed by atoms with Gasteiger partial charge in [-0.1, -0.05) is 39.0 Å². The molecule has 0 bridgehead atoms. The largest absolute Gasteiger partial charge is 0.370 e. The summed E-state index contributed by atoms with van der Waals surface area (Å²) in [7, 11) is 0. The highest BCUT2D eigenvalue weighted by Crippen LogP contribution is 2.24. The molecule has 0 saturated carbocycles. The number of aromatic nitrogens is 1. The number of fused-ring (bicyclic) bond motifs is 1. The monoisotopic (exact) mass is 242 g/mol. The maximum atomic E-state index is 4.84. The van der Waals surface area contributed by atoms with Crippen molar-refractivity contribution in [2.45, 2.75) is 40.0 Å². The first-order valence-corrected chi connectivity index (χ1v) is 6.95. The molecule has 1 N–H and O–H groups in total. The SMILES string of the molecule is CCCNc1nc2c(CC)cccc2cc1CC. The molecule has 0 aliphatic heterocycles. The van der Waals surface area contributed by atoms with Crippen molar-refractivity contribution in [2.24, 2.45) is 0 Å². The molecule has 1 aromatic carbocycles. The van der Waals surface area contributed by atoms with Crippen LogP contribution in [0.5, 0.6) is 0 Å². The fourth-order valence-electron chi connectivity index (χ4n) is 2.25. The number of rotatable bonds is 5. The van der Waals surface area contributed by atoms with Crippen molar-refractivity contribution in [3.63, 3.8) is 0 Å². The van der Waals surface area contributed by atoms with E-state index in [-0.39, 0.29) is 0 Å². The van der Waals surface area contributed by atoms with Crippen molar-refractivity contribution >= 4 is 16.7 Å². The summed E-state index contributed by atoms with van der Waals surface area (Å²) < 4.78 is 0. The van der Waals surface area contributed by atoms with Crippen molar-refractivity contribution in [1.82, 2.24) is 4.98 Å². The van der Waals surface area contributed by atoms with Crippen molar-refractivity contribution in [1.29, 1.82) is 0 Å². The molecule has 1 aromatic heterocycles. The van der Waals surface area contributed by atoms with Crippen LogP contribution in [-0.4, -0.2) is 11.5 Å². The van der Waals surface area contributed by atoms with Crippen LogP contribution in [0.4, 0.5) is 5.82 Å². The molecule has 2 heteroatoms. The summed E-state index contributed by atoms with van der Waals surface area (Å²) in [6.07, 6.45) is 3.17. The summed E-state index contributed by atoms with van der Waals surface area (Å²) in [5, 5.41) is 4.70. The normalized spacial score (nSPS) is 10.8. The van der Waals surface area contributed by atoms with Crippen molar-refractivity contribution in [2.75, 3.05) is 11.9 Å². The molecule has 2 rings (SSSR count). The highest BCUT2D eigenvalue weighted by atomic mass is 15.0. The Kier molecular flexibility index (Phi) is 4.19. The van der Waals surface area contributed by atoms with Gasteiger partial charge >= 0.3 is 0 Å². The lowest BCUT2D eigenvalue weighted by Crippen LogP contribution is -2.05. The molecule has 0 aliphatic rings. The van der Waals surface area contributed by atoms with Gasteiger partial charge in [-0.25, -0.2) is 4.98 Å². The Balaban J connectivity index is 2.54. The number of benzene rings is 1. The molecule has 0 unspecified atom stereocenters.